The second kappa shape index (κ2) is 9.08. The minimum Gasteiger partial charge on any atom is -0.378 e. The van der Waals surface area contributed by atoms with Gasteiger partial charge in [-0.05, 0) is 54.1 Å². The molecule has 7 heteroatoms. The molecule has 0 unspecified atom stereocenters. The lowest BCUT2D eigenvalue weighted by molar-refractivity contribution is -0.113. The maximum Gasteiger partial charge on any atom is 0.270 e. The van der Waals surface area contributed by atoms with Crippen molar-refractivity contribution in [1.29, 1.82) is 0 Å². The Morgan fingerprint density at radius 3 is 2.41 bits per heavy atom. The van der Waals surface area contributed by atoms with Gasteiger partial charge in [0.1, 0.15) is 5.82 Å². The topological polar surface area (TPSA) is 28.5 Å². The summed E-state index contributed by atoms with van der Waals surface area (Å²) in [5, 5.41) is 1.05. The highest BCUT2D eigenvalue weighted by Gasteiger charge is 2.33. The first-order valence-electron chi connectivity index (χ1n) is 10.8. The minimum absolute atomic E-state index is 0.122. The second-order valence-corrected chi connectivity index (χ2v) is 9.96. The van der Waals surface area contributed by atoms with Crippen LogP contribution in [-0.2, 0) is 11.3 Å². The molecule has 0 radical (unpaired) electrons. The van der Waals surface area contributed by atoms with Crippen molar-refractivity contribution in [2.24, 2.45) is 0 Å². The third-order valence-corrected chi connectivity index (χ3v) is 7.09. The molecule has 0 N–H and O–H groups in total. The first-order chi connectivity index (χ1) is 16.4. The molecule has 0 atom stereocenters. The Morgan fingerprint density at radius 1 is 1.00 bits per heavy atom. The van der Waals surface area contributed by atoms with Gasteiger partial charge in [0, 0.05) is 49.0 Å². The maximum absolute atomic E-state index is 13.3. The molecular weight excluding hydrogens is 465 g/mol. The van der Waals surface area contributed by atoms with E-state index in [-0.39, 0.29) is 11.7 Å². The lowest BCUT2D eigenvalue weighted by Crippen LogP contribution is -2.27. The van der Waals surface area contributed by atoms with Crippen molar-refractivity contribution in [1.82, 2.24) is 4.57 Å². The van der Waals surface area contributed by atoms with Gasteiger partial charge in [0.15, 0.2) is 4.32 Å². The monoisotopic (exact) mass is 487 g/mol. The molecule has 1 saturated heterocycles. The van der Waals surface area contributed by atoms with Gasteiger partial charge in [-0.2, -0.15) is 0 Å². The average molecular weight is 488 g/mol. The summed E-state index contributed by atoms with van der Waals surface area (Å²) in [5.41, 5.74) is 4.81. The number of rotatable bonds is 5. The average Bonchev–Trinajstić information content (AvgIpc) is 3.31. The zero-order valence-electron chi connectivity index (χ0n) is 18.7. The molecular formula is C27H22FN3OS2. The summed E-state index contributed by atoms with van der Waals surface area (Å²) in [7, 11) is 3.95. The van der Waals surface area contributed by atoms with Gasteiger partial charge < -0.3 is 9.47 Å². The van der Waals surface area contributed by atoms with E-state index in [0.29, 0.717) is 15.8 Å². The number of anilines is 2. The molecule has 1 aliphatic rings. The van der Waals surface area contributed by atoms with Crippen LogP contribution in [0, 0.1) is 5.82 Å². The van der Waals surface area contributed by atoms with Gasteiger partial charge in [-0.25, -0.2) is 4.39 Å². The molecule has 0 saturated carbocycles. The number of fused-ring (bicyclic) bond motifs is 1. The Kier molecular flexibility index (Phi) is 5.98. The number of hydrogen-bond donors (Lipinski definition) is 0. The number of nitrogens with zero attached hydrogens (tertiary/aromatic N) is 3. The predicted octanol–water partition coefficient (Wildman–Crippen LogP) is 6.30. The summed E-state index contributed by atoms with van der Waals surface area (Å²) in [6.45, 7) is 0.605. The first-order valence-corrected chi connectivity index (χ1v) is 12.0. The van der Waals surface area contributed by atoms with Crippen molar-refractivity contribution in [2.75, 3.05) is 23.9 Å². The van der Waals surface area contributed by atoms with E-state index in [1.165, 1.54) is 23.9 Å². The highest BCUT2D eigenvalue weighted by molar-refractivity contribution is 8.27. The second-order valence-electron chi connectivity index (χ2n) is 8.28. The van der Waals surface area contributed by atoms with Crippen LogP contribution in [0.15, 0.2) is 83.9 Å². The first kappa shape index (κ1) is 22.4. The summed E-state index contributed by atoms with van der Waals surface area (Å²) < 4.78 is 16.0. The largest absolute Gasteiger partial charge is 0.378 e. The van der Waals surface area contributed by atoms with Gasteiger partial charge in [-0.1, -0.05) is 54.3 Å². The standard InChI is InChI=1S/C27H22FN3OS2/c1-29(2)21-11-13-22(14-12-21)31-26(32)25(34-27(31)33)15-19-17-30(24-6-4-3-5-23(19)24)16-18-7-9-20(28)10-8-18/h3-15,17H,16H2,1-2H3/b25-15-. The van der Waals surface area contributed by atoms with Crippen LogP contribution in [0.1, 0.15) is 11.1 Å². The third-order valence-electron chi connectivity index (χ3n) is 5.79. The molecule has 0 aliphatic carbocycles. The molecule has 1 aliphatic heterocycles. The van der Waals surface area contributed by atoms with E-state index >= 15 is 0 Å². The van der Waals surface area contributed by atoms with Gasteiger partial charge in [0.05, 0.1) is 10.6 Å². The van der Waals surface area contributed by atoms with Crippen molar-refractivity contribution in [3.05, 3.63) is 101 Å². The van der Waals surface area contributed by atoms with Gasteiger partial charge in [-0.3, -0.25) is 9.69 Å². The summed E-state index contributed by atoms with van der Waals surface area (Å²) in [6, 6.07) is 22.4. The lowest BCUT2D eigenvalue weighted by atomic mass is 10.1. The number of carbonyl (C=O) groups excluding carboxylic acids is 1. The number of aromatic nitrogens is 1. The van der Waals surface area contributed by atoms with E-state index < -0.39 is 0 Å². The predicted molar refractivity (Wildman–Crippen MR) is 144 cm³/mol. The fourth-order valence-corrected chi connectivity index (χ4v) is 5.33. The molecule has 1 amide bonds. The highest BCUT2D eigenvalue weighted by Crippen LogP contribution is 2.37. The van der Waals surface area contributed by atoms with E-state index in [9.17, 15) is 9.18 Å². The number of para-hydroxylation sites is 1. The summed E-state index contributed by atoms with van der Waals surface area (Å²) in [4.78, 5) is 17.5. The Balaban J connectivity index is 1.48. The van der Waals surface area contributed by atoms with Crippen LogP contribution in [-0.4, -0.2) is 28.9 Å². The quantitative estimate of drug-likeness (QED) is 0.244. The van der Waals surface area contributed by atoms with Gasteiger partial charge in [0.2, 0.25) is 0 Å². The van der Waals surface area contributed by atoms with Gasteiger partial charge in [-0.15, -0.1) is 0 Å². The van der Waals surface area contributed by atoms with Crippen LogP contribution < -0.4 is 9.80 Å². The van der Waals surface area contributed by atoms with Crippen LogP contribution in [0.25, 0.3) is 17.0 Å². The van der Waals surface area contributed by atoms with Crippen LogP contribution in [0.5, 0.6) is 0 Å². The van der Waals surface area contributed by atoms with E-state index in [1.54, 1.807) is 17.0 Å². The highest BCUT2D eigenvalue weighted by atomic mass is 32.2. The summed E-state index contributed by atoms with van der Waals surface area (Å²) in [6.07, 6.45) is 3.95. The smallest absolute Gasteiger partial charge is 0.270 e. The molecule has 2 heterocycles. The number of thiocarbonyl (C=S) groups is 1. The molecule has 4 nitrogen and oxygen atoms in total. The van der Waals surface area contributed by atoms with Crippen molar-refractivity contribution >= 4 is 62.6 Å². The molecule has 5 rings (SSSR count). The van der Waals surface area contributed by atoms with E-state index in [4.69, 9.17) is 12.2 Å². The van der Waals surface area contributed by atoms with E-state index in [1.807, 2.05) is 79.8 Å². The van der Waals surface area contributed by atoms with Crippen LogP contribution in [0.3, 0.4) is 0 Å². The maximum atomic E-state index is 13.3. The molecule has 4 aromatic rings. The Labute approximate surface area is 207 Å². The number of halogens is 1. The summed E-state index contributed by atoms with van der Waals surface area (Å²) >= 11 is 6.87. The third kappa shape index (κ3) is 4.24. The fraction of sp³-hybridized carbons (Fsp3) is 0.111. The Bertz CT molecular complexity index is 1420. The van der Waals surface area contributed by atoms with E-state index in [2.05, 4.69) is 4.57 Å². The number of carbonyl (C=O) groups is 1. The van der Waals surface area contributed by atoms with Crippen molar-refractivity contribution in [3.63, 3.8) is 0 Å². The normalized spacial score (nSPS) is 15.0. The number of amides is 1. The lowest BCUT2D eigenvalue weighted by Gasteiger charge is -2.17. The molecule has 0 bridgehead atoms. The molecule has 34 heavy (non-hydrogen) atoms. The number of thioether (sulfide) groups is 1. The number of hydrogen-bond acceptors (Lipinski definition) is 4. The summed E-state index contributed by atoms with van der Waals surface area (Å²) in [5.74, 6) is -0.372. The Hall–Kier alpha value is -3.42. The molecule has 3 aromatic carbocycles. The van der Waals surface area contributed by atoms with Crippen LogP contribution >= 0.6 is 24.0 Å². The fourth-order valence-electron chi connectivity index (χ4n) is 4.04. The minimum atomic E-state index is -0.250. The zero-order valence-corrected chi connectivity index (χ0v) is 20.4. The van der Waals surface area contributed by atoms with Crippen molar-refractivity contribution < 1.29 is 9.18 Å². The molecule has 1 fully saturated rings. The SMILES string of the molecule is CN(C)c1ccc(N2C(=O)/C(=C/c3cn(Cc4ccc(F)cc4)c4ccccc34)SC2=S)cc1. The Morgan fingerprint density at radius 2 is 1.71 bits per heavy atom. The zero-order chi connectivity index (χ0) is 23.8. The number of benzene rings is 3. The van der Waals surface area contributed by atoms with Gasteiger partial charge in [0.25, 0.3) is 5.91 Å². The molecule has 1 aromatic heterocycles. The molecule has 170 valence electrons. The molecule has 0 spiro atoms. The van der Waals surface area contributed by atoms with Gasteiger partial charge >= 0.3 is 0 Å². The van der Waals surface area contributed by atoms with Crippen molar-refractivity contribution in [3.8, 4) is 0 Å². The van der Waals surface area contributed by atoms with Crippen LogP contribution in [0.2, 0.25) is 0 Å². The van der Waals surface area contributed by atoms with Crippen molar-refractivity contribution in [2.45, 2.75) is 6.54 Å². The van der Waals surface area contributed by atoms with Crippen LogP contribution in [0.4, 0.5) is 15.8 Å². The van der Waals surface area contributed by atoms with E-state index in [0.717, 1.165) is 33.4 Å².